The third-order valence-electron chi connectivity index (χ3n) is 3.78. The van der Waals surface area contributed by atoms with E-state index in [9.17, 15) is 0 Å². The molecular formula is C20H31N5OS. The molecule has 1 aromatic carbocycles. The Morgan fingerprint density at radius 2 is 2.00 bits per heavy atom. The lowest BCUT2D eigenvalue weighted by Gasteiger charge is -2.11. The van der Waals surface area contributed by atoms with Gasteiger partial charge in [-0.25, -0.2) is 9.98 Å². The monoisotopic (exact) mass is 389 g/mol. The smallest absolute Gasteiger partial charge is 0.191 e. The number of aryl methyl sites for hydroxylation is 1. The molecule has 0 aliphatic carbocycles. The highest BCUT2D eigenvalue weighted by Gasteiger charge is 2.02. The summed E-state index contributed by atoms with van der Waals surface area (Å²) in [6, 6.07) is 8.16. The van der Waals surface area contributed by atoms with Crippen LogP contribution in [0.15, 0.2) is 35.5 Å². The molecule has 0 atom stereocenters. The van der Waals surface area contributed by atoms with E-state index in [1.54, 1.807) is 11.3 Å². The van der Waals surface area contributed by atoms with E-state index in [4.69, 9.17) is 4.74 Å². The van der Waals surface area contributed by atoms with Gasteiger partial charge in [0.25, 0.3) is 0 Å². The summed E-state index contributed by atoms with van der Waals surface area (Å²) in [4.78, 5) is 12.4. The van der Waals surface area contributed by atoms with Gasteiger partial charge in [-0.05, 0) is 52.1 Å². The summed E-state index contributed by atoms with van der Waals surface area (Å²) in [5.74, 6) is 1.71. The number of guanidine groups is 1. The third kappa shape index (κ3) is 8.41. The van der Waals surface area contributed by atoms with E-state index in [1.165, 1.54) is 4.88 Å². The van der Waals surface area contributed by atoms with E-state index < -0.39 is 0 Å². The highest BCUT2D eigenvalue weighted by atomic mass is 32.1. The lowest BCUT2D eigenvalue weighted by molar-refractivity contribution is 0.281. The Labute approximate surface area is 166 Å². The Hall–Kier alpha value is -2.12. The van der Waals surface area contributed by atoms with Crippen molar-refractivity contribution >= 4 is 17.3 Å². The first-order chi connectivity index (χ1) is 13.1. The van der Waals surface area contributed by atoms with Gasteiger partial charge in [-0.1, -0.05) is 12.1 Å². The fourth-order valence-corrected chi connectivity index (χ4v) is 3.14. The van der Waals surface area contributed by atoms with Crippen LogP contribution in [0.3, 0.4) is 0 Å². The number of nitrogens with zero attached hydrogens (tertiary/aromatic N) is 3. The molecule has 0 bridgehead atoms. The highest BCUT2D eigenvalue weighted by Crippen LogP contribution is 2.13. The molecule has 0 aliphatic heterocycles. The fraction of sp³-hybridized carbons (Fsp3) is 0.500. The average Bonchev–Trinajstić information content (AvgIpc) is 3.07. The topological polar surface area (TPSA) is 61.8 Å². The summed E-state index contributed by atoms with van der Waals surface area (Å²) in [7, 11) is 4.15. The summed E-state index contributed by atoms with van der Waals surface area (Å²) >= 11 is 1.70. The van der Waals surface area contributed by atoms with Crippen molar-refractivity contribution in [1.82, 2.24) is 20.5 Å². The minimum Gasteiger partial charge on any atom is -0.494 e. The van der Waals surface area contributed by atoms with E-state index >= 15 is 0 Å². The number of rotatable bonds is 10. The molecule has 1 aromatic heterocycles. The number of benzene rings is 1. The SMILES string of the molecule is CCNC(=NCc1ccc(OCCCN(C)C)cc1)NCc1ncc(C)s1. The van der Waals surface area contributed by atoms with Gasteiger partial charge in [0.1, 0.15) is 10.8 Å². The predicted octanol–water partition coefficient (Wildman–Crippen LogP) is 3.04. The largest absolute Gasteiger partial charge is 0.494 e. The van der Waals surface area contributed by atoms with Crippen LogP contribution in [0.5, 0.6) is 5.75 Å². The molecule has 0 unspecified atom stereocenters. The van der Waals surface area contributed by atoms with Crippen LogP contribution in [0.1, 0.15) is 28.8 Å². The summed E-state index contributed by atoms with van der Waals surface area (Å²) in [5.41, 5.74) is 1.15. The maximum atomic E-state index is 5.77. The normalized spacial score (nSPS) is 11.7. The Morgan fingerprint density at radius 3 is 2.63 bits per heavy atom. The fourth-order valence-electron chi connectivity index (χ4n) is 2.42. The maximum absolute atomic E-state index is 5.77. The Kier molecular flexibility index (Phi) is 9.07. The first kappa shape index (κ1) is 21.2. The van der Waals surface area contributed by atoms with Crippen LogP contribution in [0.25, 0.3) is 0 Å². The summed E-state index contributed by atoms with van der Waals surface area (Å²) < 4.78 is 5.77. The molecule has 6 nitrogen and oxygen atoms in total. The van der Waals surface area contributed by atoms with Gasteiger partial charge in [-0.2, -0.15) is 0 Å². The van der Waals surface area contributed by atoms with Crippen LogP contribution in [0.4, 0.5) is 0 Å². The first-order valence-corrected chi connectivity index (χ1v) is 10.2. The van der Waals surface area contributed by atoms with Crippen LogP contribution in [-0.4, -0.2) is 49.6 Å². The van der Waals surface area contributed by atoms with Gasteiger partial charge in [0.05, 0.1) is 19.7 Å². The van der Waals surface area contributed by atoms with Crippen molar-refractivity contribution in [3.8, 4) is 5.75 Å². The van der Waals surface area contributed by atoms with Gasteiger partial charge in [0.15, 0.2) is 5.96 Å². The van der Waals surface area contributed by atoms with Gasteiger partial charge in [0.2, 0.25) is 0 Å². The molecule has 0 spiro atoms. The third-order valence-corrected chi connectivity index (χ3v) is 4.69. The molecule has 148 valence electrons. The van der Waals surface area contributed by atoms with Gasteiger partial charge < -0.3 is 20.3 Å². The zero-order valence-electron chi connectivity index (χ0n) is 16.8. The molecular weight excluding hydrogens is 358 g/mol. The summed E-state index contributed by atoms with van der Waals surface area (Å²) in [5, 5.41) is 7.67. The molecule has 1 heterocycles. The van der Waals surface area contributed by atoms with Crippen LogP contribution in [0.2, 0.25) is 0 Å². The molecule has 0 saturated heterocycles. The van der Waals surface area contributed by atoms with Gasteiger partial charge >= 0.3 is 0 Å². The minimum atomic E-state index is 0.618. The predicted molar refractivity (Wildman–Crippen MR) is 114 cm³/mol. The Bertz CT molecular complexity index is 697. The van der Waals surface area contributed by atoms with E-state index in [1.807, 2.05) is 18.3 Å². The molecule has 0 radical (unpaired) electrons. The molecule has 0 amide bonds. The second-order valence-corrected chi connectivity index (χ2v) is 7.88. The number of thiazole rings is 1. The van der Waals surface area contributed by atoms with Crippen LogP contribution < -0.4 is 15.4 Å². The quantitative estimate of drug-likeness (QED) is 0.372. The molecule has 2 N–H and O–H groups in total. The van der Waals surface area contributed by atoms with Crippen LogP contribution in [0, 0.1) is 6.92 Å². The number of aromatic nitrogens is 1. The molecule has 0 saturated carbocycles. The number of hydrogen-bond acceptors (Lipinski definition) is 5. The van der Waals surface area contributed by atoms with Crippen LogP contribution >= 0.6 is 11.3 Å². The maximum Gasteiger partial charge on any atom is 0.191 e. The molecule has 2 rings (SSSR count). The van der Waals surface area contributed by atoms with Gasteiger partial charge in [0, 0.05) is 24.2 Å². The first-order valence-electron chi connectivity index (χ1n) is 9.36. The van der Waals surface area contributed by atoms with Crippen LogP contribution in [-0.2, 0) is 13.1 Å². The van der Waals surface area contributed by atoms with Crippen molar-refractivity contribution in [2.24, 2.45) is 4.99 Å². The summed E-state index contributed by atoms with van der Waals surface area (Å²) in [6.45, 7) is 8.02. The number of ether oxygens (including phenoxy) is 1. The van der Waals surface area contributed by atoms with Crippen molar-refractivity contribution in [3.63, 3.8) is 0 Å². The lowest BCUT2D eigenvalue weighted by atomic mass is 10.2. The second kappa shape index (κ2) is 11.6. The van der Waals surface area contributed by atoms with Gasteiger partial charge in [-0.3, -0.25) is 0 Å². The Morgan fingerprint density at radius 1 is 1.22 bits per heavy atom. The zero-order valence-corrected chi connectivity index (χ0v) is 17.6. The highest BCUT2D eigenvalue weighted by molar-refractivity contribution is 7.11. The molecule has 2 aromatic rings. The van der Waals surface area contributed by atoms with Crippen molar-refractivity contribution in [1.29, 1.82) is 0 Å². The van der Waals surface area contributed by atoms with Crippen molar-refractivity contribution in [2.75, 3.05) is 33.8 Å². The summed E-state index contributed by atoms with van der Waals surface area (Å²) in [6.07, 6.45) is 2.92. The lowest BCUT2D eigenvalue weighted by Crippen LogP contribution is -2.36. The number of hydrogen-bond donors (Lipinski definition) is 2. The average molecular weight is 390 g/mol. The molecule has 7 heteroatoms. The minimum absolute atomic E-state index is 0.618. The molecule has 0 fully saturated rings. The number of aliphatic imine (C=N–C) groups is 1. The Balaban J connectivity index is 1.81. The zero-order chi connectivity index (χ0) is 19.5. The second-order valence-electron chi connectivity index (χ2n) is 6.56. The van der Waals surface area contributed by atoms with Gasteiger partial charge in [-0.15, -0.1) is 11.3 Å². The van der Waals surface area contributed by atoms with Crippen molar-refractivity contribution in [2.45, 2.75) is 33.4 Å². The molecule has 27 heavy (non-hydrogen) atoms. The van der Waals surface area contributed by atoms with E-state index in [0.29, 0.717) is 13.1 Å². The standard InChI is InChI=1S/C20H31N5OS/c1-5-21-20(24-15-19-22-13-16(2)27-19)23-14-17-7-9-18(10-8-17)26-12-6-11-25(3)4/h7-10,13H,5-6,11-12,14-15H2,1-4H3,(H2,21,23,24). The molecule has 0 aliphatic rings. The van der Waals surface area contributed by atoms with Crippen molar-refractivity contribution in [3.05, 3.63) is 45.9 Å². The van der Waals surface area contributed by atoms with E-state index in [2.05, 4.69) is 65.6 Å². The van der Waals surface area contributed by atoms with Crippen molar-refractivity contribution < 1.29 is 4.74 Å². The van der Waals surface area contributed by atoms with E-state index in [-0.39, 0.29) is 0 Å². The number of nitrogens with one attached hydrogen (secondary N) is 2. The van der Waals surface area contributed by atoms with E-state index in [0.717, 1.165) is 48.4 Å².